The fourth-order valence-electron chi connectivity index (χ4n) is 2.61. The molecule has 0 spiro atoms. The van der Waals surface area contributed by atoms with E-state index in [9.17, 15) is 0 Å². The van der Waals surface area contributed by atoms with Gasteiger partial charge in [0.2, 0.25) is 0 Å². The van der Waals surface area contributed by atoms with Gasteiger partial charge in [-0.15, -0.1) is 0 Å². The predicted molar refractivity (Wildman–Crippen MR) is 116 cm³/mol. The molecule has 0 aromatic rings. The van der Waals surface area contributed by atoms with Gasteiger partial charge in [-0.2, -0.15) is 0 Å². The molecule has 0 fully saturated rings. The fraction of sp³-hybridized carbons (Fsp3) is 0.913. The number of nitrogens with one attached hydrogen (secondary N) is 1. The summed E-state index contributed by atoms with van der Waals surface area (Å²) in [4.78, 5) is 0. The van der Waals surface area contributed by atoms with Gasteiger partial charge in [-0.3, -0.25) is 0 Å². The monoisotopic (exact) mass is 341 g/mol. The lowest BCUT2D eigenvalue weighted by Gasteiger charge is -2.36. The van der Waals surface area contributed by atoms with Crippen LogP contribution in [-0.2, 0) is 0 Å². The van der Waals surface area contributed by atoms with Gasteiger partial charge in [0.25, 0.3) is 0 Å². The first-order valence-corrected chi connectivity index (χ1v) is 10.5. The van der Waals surface area contributed by atoms with Crippen molar-refractivity contribution in [2.24, 2.45) is 11.3 Å². The lowest BCUT2D eigenvalue weighted by atomic mass is 9.72. The maximum Gasteiger partial charge on any atom is 0.0314 e. The van der Waals surface area contributed by atoms with Crippen LogP contribution in [0.5, 0.6) is 0 Å². The van der Waals surface area contributed by atoms with E-state index in [4.69, 9.17) is 0 Å². The topological polar surface area (TPSA) is 12.0 Å². The van der Waals surface area contributed by atoms with Crippen LogP contribution < -0.4 is 5.32 Å². The summed E-state index contributed by atoms with van der Waals surface area (Å²) in [5, 5.41) is 3.61. The van der Waals surface area contributed by atoms with Crippen LogP contribution >= 0.6 is 0 Å². The minimum absolute atomic E-state index is 0.162. The molecular formula is C23H51N. The Hall–Kier alpha value is -0.460. The molecule has 0 aliphatic rings. The molecule has 0 radical (unpaired) electrons. The zero-order valence-corrected chi connectivity index (χ0v) is 19.2. The van der Waals surface area contributed by atoms with Gasteiger partial charge < -0.3 is 5.32 Å². The quantitative estimate of drug-likeness (QED) is 0.421. The van der Waals surface area contributed by atoms with Crippen LogP contribution in [0.2, 0.25) is 0 Å². The molecule has 1 atom stereocenters. The van der Waals surface area contributed by atoms with Crippen LogP contribution in [0.15, 0.2) is 12.3 Å². The molecule has 0 rings (SSSR count). The highest BCUT2D eigenvalue weighted by atomic mass is 15.0. The Bertz CT molecular complexity index is 276. The van der Waals surface area contributed by atoms with Crippen molar-refractivity contribution in [2.45, 2.75) is 127 Å². The Morgan fingerprint density at radius 1 is 0.917 bits per heavy atom. The summed E-state index contributed by atoms with van der Waals surface area (Å²) in [6.07, 6.45) is 8.60. The Balaban J connectivity index is -0.000000786. The van der Waals surface area contributed by atoms with Crippen molar-refractivity contribution in [3.8, 4) is 0 Å². The minimum Gasteiger partial charge on any atom is -0.384 e. The maximum absolute atomic E-state index is 4.13. The molecule has 0 aromatic heterocycles. The third kappa shape index (κ3) is 16.4. The summed E-state index contributed by atoms with van der Waals surface area (Å²) >= 11 is 0. The van der Waals surface area contributed by atoms with Gasteiger partial charge in [-0.1, -0.05) is 94.6 Å². The summed E-state index contributed by atoms with van der Waals surface area (Å²) < 4.78 is 0. The molecule has 0 aromatic carbocycles. The number of allylic oxidation sites excluding steroid dienone is 1. The van der Waals surface area contributed by atoms with Crippen molar-refractivity contribution < 1.29 is 0 Å². The van der Waals surface area contributed by atoms with E-state index in [1.165, 1.54) is 44.2 Å². The Morgan fingerprint density at radius 2 is 1.38 bits per heavy atom. The average molecular weight is 342 g/mol. The van der Waals surface area contributed by atoms with E-state index in [0.717, 1.165) is 12.3 Å². The van der Waals surface area contributed by atoms with Gasteiger partial charge in [-0.25, -0.2) is 0 Å². The molecule has 0 bridgehead atoms. The number of rotatable bonds is 10. The average Bonchev–Trinajstić information content (AvgIpc) is 2.48. The second kappa shape index (κ2) is 16.0. The molecule has 1 heteroatoms. The van der Waals surface area contributed by atoms with E-state index in [1.807, 2.05) is 13.8 Å². The van der Waals surface area contributed by atoms with E-state index in [1.54, 1.807) is 0 Å². The second-order valence-electron chi connectivity index (χ2n) is 8.25. The van der Waals surface area contributed by atoms with Crippen LogP contribution in [-0.4, -0.2) is 5.54 Å². The predicted octanol–water partition coefficient (Wildman–Crippen LogP) is 8.35. The second-order valence-corrected chi connectivity index (χ2v) is 8.25. The van der Waals surface area contributed by atoms with Crippen molar-refractivity contribution in [3.05, 3.63) is 12.3 Å². The first-order chi connectivity index (χ1) is 11.1. The van der Waals surface area contributed by atoms with E-state index in [0.29, 0.717) is 5.41 Å². The van der Waals surface area contributed by atoms with Gasteiger partial charge in [0.15, 0.2) is 0 Å². The highest BCUT2D eigenvalue weighted by Gasteiger charge is 2.28. The van der Waals surface area contributed by atoms with E-state index in [2.05, 4.69) is 74.2 Å². The van der Waals surface area contributed by atoms with Crippen LogP contribution in [0.25, 0.3) is 0 Å². The molecule has 0 heterocycles. The molecule has 24 heavy (non-hydrogen) atoms. The van der Waals surface area contributed by atoms with Crippen LogP contribution in [0.1, 0.15) is 121 Å². The first kappa shape index (κ1) is 28.3. The largest absolute Gasteiger partial charge is 0.384 e. The van der Waals surface area contributed by atoms with Crippen molar-refractivity contribution in [3.63, 3.8) is 0 Å². The van der Waals surface area contributed by atoms with Gasteiger partial charge in [0.1, 0.15) is 0 Å². The fourth-order valence-corrected chi connectivity index (χ4v) is 2.61. The minimum atomic E-state index is 0.162. The summed E-state index contributed by atoms with van der Waals surface area (Å²) in [5.41, 5.74) is 1.78. The van der Waals surface area contributed by atoms with Crippen molar-refractivity contribution >= 4 is 0 Å². The lowest BCUT2D eigenvalue weighted by molar-refractivity contribution is 0.174. The molecule has 0 saturated heterocycles. The van der Waals surface area contributed by atoms with Gasteiger partial charge in [-0.05, 0) is 44.4 Å². The Labute approximate surface area is 156 Å². The SMILES string of the molecule is C=C(CCC)NC(C)(C)CCC(C)(C)C(C)CCC.CC.CCC. The van der Waals surface area contributed by atoms with Crippen molar-refractivity contribution in [2.75, 3.05) is 0 Å². The summed E-state index contributed by atoms with van der Waals surface area (Å²) in [6, 6.07) is 0. The molecule has 1 unspecified atom stereocenters. The molecule has 148 valence electrons. The number of hydrogen-bond acceptors (Lipinski definition) is 1. The Kier molecular flexibility index (Phi) is 18.9. The normalized spacial score (nSPS) is 12.3. The van der Waals surface area contributed by atoms with Crippen LogP contribution in [0.4, 0.5) is 0 Å². The summed E-state index contributed by atoms with van der Waals surface area (Å²) in [7, 11) is 0. The van der Waals surface area contributed by atoms with E-state index in [-0.39, 0.29) is 5.54 Å². The zero-order valence-electron chi connectivity index (χ0n) is 19.2. The Morgan fingerprint density at radius 3 is 1.75 bits per heavy atom. The van der Waals surface area contributed by atoms with Crippen molar-refractivity contribution in [1.29, 1.82) is 0 Å². The summed E-state index contributed by atoms with van der Waals surface area (Å²) in [5.74, 6) is 0.798. The van der Waals surface area contributed by atoms with Crippen molar-refractivity contribution in [1.82, 2.24) is 5.32 Å². The maximum atomic E-state index is 4.13. The molecule has 0 aliphatic carbocycles. The standard InChI is InChI=1S/C18H37N.C3H8.C2H6/c1-9-11-15(3)17(5,6)13-14-18(7,8)19-16(4)12-10-2;1-3-2;1-2/h15,19H,4,9-14H2,1-3,5-8H3;3H2,1-2H3;1-2H3. The first-order valence-electron chi connectivity index (χ1n) is 10.5. The molecule has 1 nitrogen and oxygen atoms in total. The third-order valence-electron chi connectivity index (χ3n) is 4.52. The molecule has 0 saturated carbocycles. The highest BCUT2D eigenvalue weighted by Crippen LogP contribution is 2.36. The van der Waals surface area contributed by atoms with E-state index < -0.39 is 0 Å². The highest BCUT2D eigenvalue weighted by molar-refractivity contribution is 4.98. The molecular weight excluding hydrogens is 290 g/mol. The molecule has 1 N–H and O–H groups in total. The van der Waals surface area contributed by atoms with Gasteiger partial charge in [0, 0.05) is 11.2 Å². The van der Waals surface area contributed by atoms with E-state index >= 15 is 0 Å². The smallest absolute Gasteiger partial charge is 0.0314 e. The summed E-state index contributed by atoms with van der Waals surface area (Å²) in [6.45, 7) is 28.7. The molecule has 0 amide bonds. The zero-order chi connectivity index (χ0) is 19.8. The lowest BCUT2D eigenvalue weighted by Crippen LogP contribution is -2.39. The van der Waals surface area contributed by atoms with Gasteiger partial charge >= 0.3 is 0 Å². The number of hydrogen-bond donors (Lipinski definition) is 1. The van der Waals surface area contributed by atoms with Gasteiger partial charge in [0.05, 0.1) is 0 Å². The van der Waals surface area contributed by atoms with Crippen LogP contribution in [0, 0.1) is 11.3 Å². The third-order valence-corrected chi connectivity index (χ3v) is 4.52. The van der Waals surface area contributed by atoms with Crippen LogP contribution in [0.3, 0.4) is 0 Å². The molecule has 0 aliphatic heterocycles.